The highest BCUT2D eigenvalue weighted by Gasteiger charge is 2.47. The lowest BCUT2D eigenvalue weighted by molar-refractivity contribution is -0.240. The highest BCUT2D eigenvalue weighted by Crippen LogP contribution is 2.34. The predicted octanol–water partition coefficient (Wildman–Crippen LogP) is -0.116. The number of hydrogen-bond donors (Lipinski definition) is 1. The quantitative estimate of drug-likeness (QED) is 0.549. The molecule has 1 aliphatic carbocycles. The summed E-state index contributed by atoms with van der Waals surface area (Å²) in [6.07, 6.45) is 2.72. The summed E-state index contributed by atoms with van der Waals surface area (Å²) >= 11 is 0. The third kappa shape index (κ3) is 1.50. The molecule has 1 N–H and O–H groups in total. The van der Waals surface area contributed by atoms with Crippen molar-refractivity contribution in [3.8, 4) is 0 Å². The minimum Gasteiger partial charge on any atom is -0.452 e. The molecule has 14 heavy (non-hydrogen) atoms. The normalized spacial score (nSPS) is 39.1. The summed E-state index contributed by atoms with van der Waals surface area (Å²) in [5, 5.41) is 9.85. The number of hydrogen-bond acceptors (Lipinski definition) is 5. The first kappa shape index (κ1) is 9.21. The van der Waals surface area contributed by atoms with Gasteiger partial charge < -0.3 is 14.6 Å². The van der Waals surface area contributed by atoms with Gasteiger partial charge in [0.05, 0.1) is 0 Å². The van der Waals surface area contributed by atoms with Crippen molar-refractivity contribution in [2.45, 2.75) is 31.2 Å². The molecular weight excluding hydrogens is 188 g/mol. The van der Waals surface area contributed by atoms with Gasteiger partial charge in [-0.05, 0) is 12.8 Å². The number of ether oxygens (including phenoxy) is 2. The first-order valence-electron chi connectivity index (χ1n) is 4.44. The molecule has 1 fully saturated rings. The SMILES string of the molecule is O=C1/C=C\C(=O)OC2(O)CCCC2O1. The van der Waals surface area contributed by atoms with Crippen molar-refractivity contribution in [2.75, 3.05) is 0 Å². The lowest BCUT2D eigenvalue weighted by atomic mass is 10.2. The van der Waals surface area contributed by atoms with Crippen LogP contribution in [0.5, 0.6) is 0 Å². The van der Waals surface area contributed by atoms with Crippen LogP contribution in [0.4, 0.5) is 0 Å². The fourth-order valence-electron chi connectivity index (χ4n) is 1.72. The Morgan fingerprint density at radius 2 is 2.07 bits per heavy atom. The fraction of sp³-hybridized carbons (Fsp3) is 0.556. The second-order valence-electron chi connectivity index (χ2n) is 3.42. The second kappa shape index (κ2) is 3.09. The van der Waals surface area contributed by atoms with Gasteiger partial charge in [0.1, 0.15) is 0 Å². The van der Waals surface area contributed by atoms with Crippen molar-refractivity contribution < 1.29 is 24.2 Å². The van der Waals surface area contributed by atoms with Crippen LogP contribution in [0.25, 0.3) is 0 Å². The Kier molecular flexibility index (Phi) is 2.03. The van der Waals surface area contributed by atoms with Gasteiger partial charge in [-0.15, -0.1) is 0 Å². The Morgan fingerprint density at radius 3 is 2.86 bits per heavy atom. The number of rotatable bonds is 0. The average molecular weight is 198 g/mol. The number of aliphatic hydroxyl groups is 1. The van der Waals surface area contributed by atoms with Crippen LogP contribution in [0.2, 0.25) is 0 Å². The van der Waals surface area contributed by atoms with Crippen LogP contribution >= 0.6 is 0 Å². The minimum atomic E-state index is -1.63. The molecule has 0 radical (unpaired) electrons. The van der Waals surface area contributed by atoms with Crippen molar-refractivity contribution in [1.29, 1.82) is 0 Å². The molecule has 1 heterocycles. The van der Waals surface area contributed by atoms with Crippen molar-refractivity contribution in [1.82, 2.24) is 0 Å². The van der Waals surface area contributed by atoms with E-state index in [-0.39, 0.29) is 0 Å². The van der Waals surface area contributed by atoms with Crippen LogP contribution in [0.1, 0.15) is 19.3 Å². The average Bonchev–Trinajstić information content (AvgIpc) is 2.42. The summed E-state index contributed by atoms with van der Waals surface area (Å²) in [7, 11) is 0. The van der Waals surface area contributed by atoms with Gasteiger partial charge in [0.2, 0.25) is 5.79 Å². The topological polar surface area (TPSA) is 72.8 Å². The van der Waals surface area contributed by atoms with Gasteiger partial charge in [-0.1, -0.05) is 0 Å². The lowest BCUT2D eigenvalue weighted by Gasteiger charge is -2.29. The van der Waals surface area contributed by atoms with E-state index in [0.717, 1.165) is 12.2 Å². The molecule has 0 saturated heterocycles. The van der Waals surface area contributed by atoms with Crippen molar-refractivity contribution in [2.24, 2.45) is 0 Å². The fourth-order valence-corrected chi connectivity index (χ4v) is 1.72. The summed E-state index contributed by atoms with van der Waals surface area (Å²) in [6.45, 7) is 0. The van der Waals surface area contributed by atoms with Crippen LogP contribution in [-0.2, 0) is 19.1 Å². The highest BCUT2D eigenvalue weighted by atomic mass is 16.7. The van der Waals surface area contributed by atoms with Gasteiger partial charge in [0.25, 0.3) is 0 Å². The Labute approximate surface area is 80.3 Å². The molecule has 0 amide bonds. The molecule has 76 valence electrons. The molecule has 5 heteroatoms. The van der Waals surface area contributed by atoms with Crippen molar-refractivity contribution in [3.05, 3.63) is 12.2 Å². The minimum absolute atomic E-state index is 0.310. The van der Waals surface area contributed by atoms with E-state index in [4.69, 9.17) is 9.47 Å². The van der Waals surface area contributed by atoms with Crippen molar-refractivity contribution >= 4 is 11.9 Å². The monoisotopic (exact) mass is 198 g/mol. The molecule has 0 bridgehead atoms. The number of fused-ring (bicyclic) bond motifs is 1. The van der Waals surface area contributed by atoms with E-state index in [9.17, 15) is 14.7 Å². The molecule has 1 aliphatic heterocycles. The van der Waals surface area contributed by atoms with Gasteiger partial charge in [0.15, 0.2) is 6.10 Å². The molecule has 5 nitrogen and oxygen atoms in total. The molecule has 2 aliphatic rings. The molecular formula is C9H10O5. The molecule has 0 spiro atoms. The Morgan fingerprint density at radius 1 is 1.36 bits per heavy atom. The van der Waals surface area contributed by atoms with Crippen LogP contribution in [0.15, 0.2) is 12.2 Å². The first-order valence-corrected chi connectivity index (χ1v) is 4.44. The number of esters is 2. The van der Waals surface area contributed by atoms with E-state index in [2.05, 4.69) is 0 Å². The van der Waals surface area contributed by atoms with E-state index >= 15 is 0 Å². The highest BCUT2D eigenvalue weighted by molar-refractivity contribution is 5.92. The molecule has 1 saturated carbocycles. The maximum atomic E-state index is 11.1. The molecule has 0 aromatic rings. The standard InChI is InChI=1S/C9H10O5/c10-7-3-4-8(11)14-9(12)5-1-2-6(9)13-7/h3-4,6,12H,1-2,5H2/b4-3-. The molecule has 2 unspecified atom stereocenters. The van der Waals surface area contributed by atoms with Crippen LogP contribution < -0.4 is 0 Å². The molecule has 2 rings (SSSR count). The molecule has 2 atom stereocenters. The molecule has 0 aromatic heterocycles. The van der Waals surface area contributed by atoms with E-state index in [1.165, 1.54) is 0 Å². The zero-order chi connectivity index (χ0) is 10.2. The van der Waals surface area contributed by atoms with Gasteiger partial charge in [-0.25, -0.2) is 9.59 Å². The van der Waals surface area contributed by atoms with Crippen LogP contribution in [0, 0.1) is 0 Å². The maximum Gasteiger partial charge on any atom is 0.333 e. The zero-order valence-corrected chi connectivity index (χ0v) is 7.43. The van der Waals surface area contributed by atoms with E-state index < -0.39 is 23.8 Å². The van der Waals surface area contributed by atoms with E-state index in [1.807, 2.05) is 0 Å². The number of carbonyl (C=O) groups excluding carboxylic acids is 2. The largest absolute Gasteiger partial charge is 0.452 e. The first-order chi connectivity index (χ1) is 6.60. The third-order valence-electron chi connectivity index (χ3n) is 2.40. The Balaban J connectivity index is 2.27. The summed E-state index contributed by atoms with van der Waals surface area (Å²) in [4.78, 5) is 22.1. The Hall–Kier alpha value is -1.36. The van der Waals surface area contributed by atoms with Gasteiger partial charge in [-0.2, -0.15) is 0 Å². The summed E-state index contributed by atoms with van der Waals surface area (Å²) in [6, 6.07) is 0. The van der Waals surface area contributed by atoms with E-state index in [1.54, 1.807) is 0 Å². The van der Waals surface area contributed by atoms with Crippen LogP contribution in [0.3, 0.4) is 0 Å². The van der Waals surface area contributed by atoms with Gasteiger partial charge in [-0.3, -0.25) is 0 Å². The van der Waals surface area contributed by atoms with Crippen molar-refractivity contribution in [3.63, 3.8) is 0 Å². The van der Waals surface area contributed by atoms with Crippen LogP contribution in [-0.4, -0.2) is 28.9 Å². The predicted molar refractivity (Wildman–Crippen MR) is 43.9 cm³/mol. The summed E-state index contributed by atoms with van der Waals surface area (Å²) in [5.41, 5.74) is 0. The van der Waals surface area contributed by atoms with Gasteiger partial charge in [0, 0.05) is 18.6 Å². The second-order valence-corrected chi connectivity index (χ2v) is 3.42. The third-order valence-corrected chi connectivity index (χ3v) is 2.40. The zero-order valence-electron chi connectivity index (χ0n) is 7.43. The Bertz CT molecular complexity index is 308. The summed E-state index contributed by atoms with van der Waals surface area (Å²) < 4.78 is 9.72. The smallest absolute Gasteiger partial charge is 0.333 e. The lowest BCUT2D eigenvalue weighted by Crippen LogP contribution is -2.45. The number of carbonyl (C=O) groups is 2. The maximum absolute atomic E-state index is 11.1. The van der Waals surface area contributed by atoms with E-state index in [0.29, 0.717) is 19.3 Å². The molecule has 0 aromatic carbocycles. The summed E-state index contributed by atoms with van der Waals surface area (Å²) in [5.74, 6) is -2.96. The van der Waals surface area contributed by atoms with Gasteiger partial charge >= 0.3 is 11.9 Å².